The number of hydrogen-bond donors (Lipinski definition) is 2. The monoisotopic (exact) mass is 363 g/mol. The van der Waals surface area contributed by atoms with Crippen LogP contribution in [0.3, 0.4) is 0 Å². The zero-order valence-electron chi connectivity index (χ0n) is 13.6. The lowest BCUT2D eigenvalue weighted by atomic mass is 10.1. The standard InChI is InChI=1S/C18H16F3N3O2/c19-18(20,21)15-9-5-4-8-14(15)12-23-24-17(26)10-16(25)22-11-13-6-2-1-3-7-13/h1-9,12H,10-11H2,(H,22,25)(H,24,26)/b23-12+. The number of benzene rings is 2. The van der Waals surface area contributed by atoms with E-state index in [2.05, 4.69) is 10.4 Å². The van der Waals surface area contributed by atoms with E-state index < -0.39 is 30.0 Å². The van der Waals surface area contributed by atoms with E-state index in [0.717, 1.165) is 17.8 Å². The van der Waals surface area contributed by atoms with Crippen molar-refractivity contribution in [3.05, 3.63) is 71.3 Å². The van der Waals surface area contributed by atoms with E-state index in [-0.39, 0.29) is 12.1 Å². The minimum absolute atomic E-state index is 0.186. The third-order valence-electron chi connectivity index (χ3n) is 3.31. The average molecular weight is 363 g/mol. The number of nitrogens with zero attached hydrogens (tertiary/aromatic N) is 1. The predicted octanol–water partition coefficient (Wildman–Crippen LogP) is 2.86. The molecular weight excluding hydrogens is 347 g/mol. The summed E-state index contributed by atoms with van der Waals surface area (Å²) in [5, 5.41) is 6.05. The lowest BCUT2D eigenvalue weighted by Crippen LogP contribution is -2.29. The van der Waals surface area contributed by atoms with Crippen LogP contribution >= 0.6 is 0 Å². The van der Waals surface area contributed by atoms with Crippen molar-refractivity contribution < 1.29 is 22.8 Å². The van der Waals surface area contributed by atoms with Crippen LogP contribution in [0, 0.1) is 0 Å². The number of amides is 2. The second kappa shape index (κ2) is 8.80. The Balaban J connectivity index is 1.83. The van der Waals surface area contributed by atoms with Crippen molar-refractivity contribution in [2.45, 2.75) is 19.1 Å². The van der Waals surface area contributed by atoms with Gasteiger partial charge < -0.3 is 5.32 Å². The molecule has 0 fully saturated rings. The molecule has 0 aliphatic carbocycles. The molecule has 136 valence electrons. The van der Waals surface area contributed by atoms with Crippen molar-refractivity contribution >= 4 is 18.0 Å². The number of hydrazone groups is 1. The maximum atomic E-state index is 12.8. The number of nitrogens with one attached hydrogen (secondary N) is 2. The molecule has 0 spiro atoms. The quantitative estimate of drug-likeness (QED) is 0.471. The molecule has 0 radical (unpaired) electrons. The fourth-order valence-corrected chi connectivity index (χ4v) is 2.09. The Morgan fingerprint density at radius 1 is 0.962 bits per heavy atom. The molecule has 0 aliphatic rings. The molecule has 5 nitrogen and oxygen atoms in total. The third kappa shape index (κ3) is 6.04. The van der Waals surface area contributed by atoms with E-state index in [0.29, 0.717) is 0 Å². The summed E-state index contributed by atoms with van der Waals surface area (Å²) in [6.45, 7) is 0.273. The number of carbonyl (C=O) groups excluding carboxylic acids is 2. The highest BCUT2D eigenvalue weighted by atomic mass is 19.4. The Morgan fingerprint density at radius 2 is 1.62 bits per heavy atom. The van der Waals surface area contributed by atoms with Crippen LogP contribution in [0.1, 0.15) is 23.1 Å². The molecule has 0 atom stereocenters. The highest BCUT2D eigenvalue weighted by Gasteiger charge is 2.32. The molecule has 0 unspecified atom stereocenters. The van der Waals surface area contributed by atoms with Gasteiger partial charge >= 0.3 is 6.18 Å². The Kier molecular flexibility index (Phi) is 6.48. The first-order valence-corrected chi connectivity index (χ1v) is 7.65. The zero-order valence-corrected chi connectivity index (χ0v) is 13.6. The van der Waals surface area contributed by atoms with E-state index in [1.165, 1.54) is 18.2 Å². The van der Waals surface area contributed by atoms with Crippen LogP contribution in [0.4, 0.5) is 13.2 Å². The molecule has 0 bridgehead atoms. The second-order valence-electron chi connectivity index (χ2n) is 5.32. The van der Waals surface area contributed by atoms with Crippen LogP contribution in [0.2, 0.25) is 0 Å². The SMILES string of the molecule is O=C(CC(=O)N/N=C/c1ccccc1C(F)(F)F)NCc1ccccc1. The summed E-state index contributed by atoms with van der Waals surface area (Å²) >= 11 is 0. The largest absolute Gasteiger partial charge is 0.417 e. The van der Waals surface area contributed by atoms with Crippen molar-refractivity contribution in [3.63, 3.8) is 0 Å². The fourth-order valence-electron chi connectivity index (χ4n) is 2.09. The Bertz CT molecular complexity index is 790. The summed E-state index contributed by atoms with van der Waals surface area (Å²) in [5.74, 6) is -1.24. The Morgan fingerprint density at radius 3 is 2.31 bits per heavy atom. The number of alkyl halides is 3. The van der Waals surface area contributed by atoms with Gasteiger partial charge in [-0.1, -0.05) is 48.5 Å². The van der Waals surface area contributed by atoms with E-state index >= 15 is 0 Å². The van der Waals surface area contributed by atoms with Gasteiger partial charge in [-0.25, -0.2) is 5.43 Å². The molecule has 0 saturated carbocycles. The van der Waals surface area contributed by atoms with Crippen molar-refractivity contribution in [1.29, 1.82) is 0 Å². The van der Waals surface area contributed by atoms with Gasteiger partial charge in [-0.05, 0) is 11.6 Å². The maximum Gasteiger partial charge on any atom is 0.417 e. The topological polar surface area (TPSA) is 70.6 Å². The Labute approximate surface area is 147 Å². The van der Waals surface area contributed by atoms with Gasteiger partial charge in [0.15, 0.2) is 0 Å². The second-order valence-corrected chi connectivity index (χ2v) is 5.32. The molecule has 0 aromatic heterocycles. The molecule has 2 amide bonds. The first-order chi connectivity index (χ1) is 12.4. The molecule has 2 N–H and O–H groups in total. The fraction of sp³-hybridized carbons (Fsp3) is 0.167. The van der Waals surface area contributed by atoms with Gasteiger partial charge in [-0.3, -0.25) is 9.59 Å². The summed E-state index contributed by atoms with van der Waals surface area (Å²) in [6.07, 6.45) is -4.11. The van der Waals surface area contributed by atoms with E-state index in [9.17, 15) is 22.8 Å². The molecule has 2 rings (SSSR count). The highest BCUT2D eigenvalue weighted by Crippen LogP contribution is 2.30. The molecular formula is C18H16F3N3O2. The first kappa shape index (κ1) is 19.2. The molecule has 0 aliphatic heterocycles. The van der Waals surface area contributed by atoms with Crippen LogP contribution in [-0.4, -0.2) is 18.0 Å². The van der Waals surface area contributed by atoms with Gasteiger partial charge in [0, 0.05) is 12.1 Å². The van der Waals surface area contributed by atoms with Crippen molar-refractivity contribution in [2.75, 3.05) is 0 Å². The van der Waals surface area contributed by atoms with Crippen molar-refractivity contribution in [2.24, 2.45) is 5.10 Å². The summed E-state index contributed by atoms with van der Waals surface area (Å²) < 4.78 is 38.5. The van der Waals surface area contributed by atoms with Crippen LogP contribution in [-0.2, 0) is 22.3 Å². The van der Waals surface area contributed by atoms with E-state index in [1.54, 1.807) is 0 Å². The van der Waals surface area contributed by atoms with Crippen molar-refractivity contribution in [3.8, 4) is 0 Å². The molecule has 2 aromatic carbocycles. The zero-order chi connectivity index (χ0) is 19.0. The summed E-state index contributed by atoms with van der Waals surface area (Å²) in [5.41, 5.74) is 1.87. The number of halogens is 3. The Hall–Kier alpha value is -3.16. The van der Waals surface area contributed by atoms with Gasteiger partial charge in [0.25, 0.3) is 0 Å². The molecule has 8 heteroatoms. The molecule has 26 heavy (non-hydrogen) atoms. The summed E-state index contributed by atoms with van der Waals surface area (Å²) in [4.78, 5) is 23.3. The van der Waals surface area contributed by atoms with E-state index in [1.807, 2.05) is 35.8 Å². The number of carbonyl (C=O) groups is 2. The van der Waals surface area contributed by atoms with Gasteiger partial charge in [0.2, 0.25) is 11.8 Å². The molecule has 0 heterocycles. The lowest BCUT2D eigenvalue weighted by molar-refractivity contribution is -0.137. The summed E-state index contributed by atoms with van der Waals surface area (Å²) in [7, 11) is 0. The molecule has 0 saturated heterocycles. The number of hydrogen-bond acceptors (Lipinski definition) is 3. The maximum absolute atomic E-state index is 12.8. The lowest BCUT2D eigenvalue weighted by Gasteiger charge is -2.09. The van der Waals surface area contributed by atoms with Gasteiger partial charge in [0.1, 0.15) is 6.42 Å². The smallest absolute Gasteiger partial charge is 0.352 e. The number of rotatable bonds is 6. The predicted molar refractivity (Wildman–Crippen MR) is 90.1 cm³/mol. The molecule has 2 aromatic rings. The third-order valence-corrected chi connectivity index (χ3v) is 3.31. The van der Waals surface area contributed by atoms with Crippen molar-refractivity contribution in [1.82, 2.24) is 10.7 Å². The normalized spacial score (nSPS) is 11.3. The minimum Gasteiger partial charge on any atom is -0.352 e. The summed E-state index contributed by atoms with van der Waals surface area (Å²) in [6, 6.07) is 14.0. The van der Waals surface area contributed by atoms with Gasteiger partial charge in [-0.15, -0.1) is 0 Å². The van der Waals surface area contributed by atoms with E-state index in [4.69, 9.17) is 0 Å². The first-order valence-electron chi connectivity index (χ1n) is 7.65. The minimum atomic E-state index is -4.52. The van der Waals surface area contributed by atoms with Crippen LogP contribution in [0.15, 0.2) is 59.7 Å². The van der Waals surface area contributed by atoms with Crippen LogP contribution < -0.4 is 10.7 Å². The van der Waals surface area contributed by atoms with Gasteiger partial charge in [0.05, 0.1) is 11.8 Å². The average Bonchev–Trinajstić information content (AvgIpc) is 2.60. The van der Waals surface area contributed by atoms with Gasteiger partial charge in [-0.2, -0.15) is 18.3 Å². The van der Waals surface area contributed by atoms with Crippen LogP contribution in [0.25, 0.3) is 0 Å². The van der Waals surface area contributed by atoms with Crippen LogP contribution in [0.5, 0.6) is 0 Å². The highest BCUT2D eigenvalue weighted by molar-refractivity contribution is 5.97.